The molecule has 12 heteroatoms. The van der Waals surface area contributed by atoms with Crippen LogP contribution >= 0.6 is 11.3 Å². The fourth-order valence-corrected chi connectivity index (χ4v) is 5.99. The van der Waals surface area contributed by atoms with Crippen LogP contribution < -0.4 is 5.32 Å². The van der Waals surface area contributed by atoms with E-state index in [0.717, 1.165) is 0 Å². The summed E-state index contributed by atoms with van der Waals surface area (Å²) >= 11 is 1.42. The SMILES string of the molecule is CCOC(=O)C1=C(CN2CCO[C@H]3CN(C(=O)OC(C)(C)C)C[C@H]32)NC(c2nccs2)=N[C@H]1c1cccc(F)c1C. The van der Waals surface area contributed by atoms with Crippen molar-refractivity contribution in [2.75, 3.05) is 39.4 Å². The largest absolute Gasteiger partial charge is 0.463 e. The lowest BCUT2D eigenvalue weighted by Crippen LogP contribution is -2.53. The van der Waals surface area contributed by atoms with Crippen molar-refractivity contribution in [2.24, 2.45) is 4.99 Å². The van der Waals surface area contributed by atoms with Crippen LogP contribution in [0.5, 0.6) is 0 Å². The number of amides is 1. The first-order chi connectivity index (χ1) is 19.6. The Kier molecular flexibility index (Phi) is 8.44. The summed E-state index contributed by atoms with van der Waals surface area (Å²) < 4.78 is 31.9. The zero-order chi connectivity index (χ0) is 29.3. The molecule has 0 unspecified atom stereocenters. The maximum absolute atomic E-state index is 14.7. The number of nitrogens with zero attached hydrogens (tertiary/aromatic N) is 4. The number of aromatic nitrogens is 1. The Balaban J connectivity index is 1.51. The van der Waals surface area contributed by atoms with Crippen molar-refractivity contribution >= 4 is 29.2 Å². The van der Waals surface area contributed by atoms with E-state index in [2.05, 4.69) is 15.2 Å². The van der Waals surface area contributed by atoms with Crippen molar-refractivity contribution in [2.45, 2.75) is 58.4 Å². The molecule has 1 aromatic carbocycles. The summed E-state index contributed by atoms with van der Waals surface area (Å²) in [5, 5.41) is 5.87. The standard InChI is InChI=1S/C29H36FN5O5S/c1-6-38-27(36)23-20(14-34-11-12-39-22-16-35(15-21(22)34)28(37)40-29(3,4)5)32-25(26-31-10-13-41-26)33-24(23)18-8-7-9-19(30)17(18)2/h7-10,13,21-22,24H,6,11-12,14-16H2,1-5H3,(H,32,33)/t21-,22+,24+/m1/s1. The van der Waals surface area contributed by atoms with Gasteiger partial charge >= 0.3 is 12.1 Å². The van der Waals surface area contributed by atoms with Crippen LogP contribution in [0.2, 0.25) is 0 Å². The van der Waals surface area contributed by atoms with Gasteiger partial charge in [-0.15, -0.1) is 11.3 Å². The summed E-state index contributed by atoms with van der Waals surface area (Å²) in [6, 6.07) is 3.90. The number of ether oxygens (including phenoxy) is 3. The number of carbonyl (C=O) groups excluding carboxylic acids is 2. The van der Waals surface area contributed by atoms with Gasteiger partial charge in [0, 0.05) is 36.9 Å². The first-order valence-corrected chi connectivity index (χ1v) is 14.7. The van der Waals surface area contributed by atoms with Crippen LogP contribution in [0.4, 0.5) is 9.18 Å². The monoisotopic (exact) mass is 585 g/mol. The van der Waals surface area contributed by atoms with E-state index in [0.29, 0.717) is 66.0 Å². The topological polar surface area (TPSA) is 106 Å². The minimum atomic E-state index is -0.793. The van der Waals surface area contributed by atoms with E-state index in [9.17, 15) is 14.0 Å². The van der Waals surface area contributed by atoms with E-state index in [-0.39, 0.29) is 30.7 Å². The van der Waals surface area contributed by atoms with Gasteiger partial charge in [-0.2, -0.15) is 0 Å². The lowest BCUT2D eigenvalue weighted by molar-refractivity contribution is -0.139. The molecule has 3 aliphatic heterocycles. The Morgan fingerprint density at radius 2 is 2.07 bits per heavy atom. The predicted octanol–water partition coefficient (Wildman–Crippen LogP) is 3.82. The van der Waals surface area contributed by atoms with E-state index in [1.165, 1.54) is 17.4 Å². The molecule has 0 spiro atoms. The lowest BCUT2D eigenvalue weighted by atomic mass is 9.92. The third-order valence-corrected chi connectivity index (χ3v) is 8.07. The fourth-order valence-electron chi connectivity index (χ4n) is 5.40. The number of esters is 1. The van der Waals surface area contributed by atoms with Gasteiger partial charge < -0.3 is 24.4 Å². The van der Waals surface area contributed by atoms with Crippen molar-refractivity contribution in [3.63, 3.8) is 0 Å². The number of fused-ring (bicyclic) bond motifs is 1. The van der Waals surface area contributed by atoms with E-state index < -0.39 is 17.6 Å². The smallest absolute Gasteiger partial charge is 0.410 e. The van der Waals surface area contributed by atoms with Crippen LogP contribution in [0.25, 0.3) is 0 Å². The van der Waals surface area contributed by atoms with Gasteiger partial charge in [0.15, 0.2) is 10.8 Å². The molecule has 10 nitrogen and oxygen atoms in total. The number of benzene rings is 1. The molecule has 0 bridgehead atoms. The van der Waals surface area contributed by atoms with Crippen LogP contribution in [0, 0.1) is 12.7 Å². The molecule has 1 aromatic heterocycles. The van der Waals surface area contributed by atoms with Gasteiger partial charge in [-0.25, -0.2) is 19.0 Å². The number of nitrogens with one attached hydrogen (secondary N) is 1. The van der Waals surface area contributed by atoms with Gasteiger partial charge in [0.2, 0.25) is 0 Å². The van der Waals surface area contributed by atoms with Crippen LogP contribution in [0.3, 0.4) is 0 Å². The highest BCUT2D eigenvalue weighted by Crippen LogP contribution is 2.36. The Hall–Kier alpha value is -3.35. The number of morpholine rings is 1. The van der Waals surface area contributed by atoms with Crippen LogP contribution in [-0.2, 0) is 19.0 Å². The molecule has 2 saturated heterocycles. The number of aliphatic imine (C=N–C) groups is 1. The Bertz CT molecular complexity index is 1360. The third-order valence-electron chi connectivity index (χ3n) is 7.29. The van der Waals surface area contributed by atoms with Crippen LogP contribution in [0.1, 0.15) is 49.9 Å². The quantitative estimate of drug-likeness (QED) is 0.511. The van der Waals surface area contributed by atoms with Crippen molar-refractivity contribution in [1.82, 2.24) is 20.1 Å². The van der Waals surface area contributed by atoms with Crippen molar-refractivity contribution in [3.05, 3.63) is 63.0 Å². The maximum atomic E-state index is 14.7. The number of likely N-dealkylation sites (tertiary alicyclic amines) is 1. The van der Waals surface area contributed by atoms with E-state index in [4.69, 9.17) is 19.2 Å². The number of amidine groups is 1. The number of halogens is 1. The molecule has 4 heterocycles. The molecule has 0 saturated carbocycles. The van der Waals surface area contributed by atoms with Crippen molar-refractivity contribution in [3.8, 4) is 0 Å². The second-order valence-corrected chi connectivity index (χ2v) is 12.1. The second-order valence-electron chi connectivity index (χ2n) is 11.2. The highest BCUT2D eigenvalue weighted by atomic mass is 32.1. The van der Waals surface area contributed by atoms with Crippen molar-refractivity contribution < 1.29 is 28.2 Å². The first-order valence-electron chi connectivity index (χ1n) is 13.8. The normalized spacial score (nSPS) is 23.1. The molecule has 2 aromatic rings. The lowest BCUT2D eigenvalue weighted by Gasteiger charge is -2.38. The first kappa shape index (κ1) is 29.2. The van der Waals surface area contributed by atoms with Gasteiger partial charge in [-0.05, 0) is 51.8 Å². The minimum Gasteiger partial charge on any atom is -0.463 e. The molecular formula is C29H36FN5O5S. The molecular weight excluding hydrogens is 549 g/mol. The molecule has 5 rings (SSSR count). The Morgan fingerprint density at radius 1 is 1.27 bits per heavy atom. The third kappa shape index (κ3) is 6.29. The number of rotatable bonds is 6. The molecule has 3 aliphatic rings. The average Bonchev–Trinajstić information content (AvgIpc) is 3.60. The van der Waals surface area contributed by atoms with Gasteiger partial charge in [-0.3, -0.25) is 9.89 Å². The predicted molar refractivity (Wildman–Crippen MR) is 152 cm³/mol. The molecule has 0 radical (unpaired) electrons. The molecule has 2 fully saturated rings. The number of carbonyl (C=O) groups is 2. The summed E-state index contributed by atoms with van der Waals surface area (Å²) in [4.78, 5) is 39.5. The Morgan fingerprint density at radius 3 is 2.78 bits per heavy atom. The van der Waals surface area contributed by atoms with E-state index >= 15 is 0 Å². The zero-order valence-electron chi connectivity index (χ0n) is 24.0. The van der Waals surface area contributed by atoms with Crippen LogP contribution in [0.15, 0.2) is 46.0 Å². The van der Waals surface area contributed by atoms with E-state index in [1.807, 2.05) is 26.2 Å². The average molecular weight is 586 g/mol. The summed E-state index contributed by atoms with van der Waals surface area (Å²) in [6.45, 7) is 11.4. The van der Waals surface area contributed by atoms with E-state index in [1.54, 1.807) is 37.1 Å². The molecule has 3 atom stereocenters. The molecule has 0 aliphatic carbocycles. The molecule has 1 amide bonds. The minimum absolute atomic E-state index is 0.106. The van der Waals surface area contributed by atoms with Gasteiger partial charge in [-0.1, -0.05) is 12.1 Å². The van der Waals surface area contributed by atoms with Gasteiger partial charge in [0.25, 0.3) is 0 Å². The number of hydrogen-bond acceptors (Lipinski definition) is 10. The number of hydrogen-bond donors (Lipinski definition) is 1. The summed E-state index contributed by atoms with van der Waals surface area (Å²) in [7, 11) is 0. The molecule has 41 heavy (non-hydrogen) atoms. The second kappa shape index (κ2) is 11.9. The van der Waals surface area contributed by atoms with Crippen molar-refractivity contribution in [1.29, 1.82) is 0 Å². The zero-order valence-corrected chi connectivity index (χ0v) is 24.8. The number of thiazole rings is 1. The highest BCUT2D eigenvalue weighted by molar-refractivity contribution is 7.11. The molecule has 220 valence electrons. The summed E-state index contributed by atoms with van der Waals surface area (Å²) in [5.41, 5.74) is 1.32. The summed E-state index contributed by atoms with van der Waals surface area (Å²) in [5.74, 6) is -0.387. The highest BCUT2D eigenvalue weighted by Gasteiger charge is 2.44. The fraction of sp³-hybridized carbons (Fsp3) is 0.517. The van der Waals surface area contributed by atoms with Gasteiger partial charge in [0.1, 0.15) is 17.5 Å². The molecule has 1 N–H and O–H groups in total. The summed E-state index contributed by atoms with van der Waals surface area (Å²) in [6.07, 6.45) is 1.12. The maximum Gasteiger partial charge on any atom is 0.410 e. The Labute approximate surface area is 243 Å². The van der Waals surface area contributed by atoms with Gasteiger partial charge in [0.05, 0.1) is 37.5 Å². The van der Waals surface area contributed by atoms with Crippen LogP contribution in [-0.4, -0.2) is 89.8 Å².